The maximum atomic E-state index is 12.3. The Kier molecular flexibility index (Phi) is 6.63. The molecule has 8 nitrogen and oxygen atoms in total. The summed E-state index contributed by atoms with van der Waals surface area (Å²) in [5.41, 5.74) is 3.06. The first kappa shape index (κ1) is 20.6. The molecule has 1 amide bonds. The molecular formula is C19H18ClN7OS. The van der Waals surface area contributed by atoms with Gasteiger partial charge in [0.25, 0.3) is 5.91 Å². The number of nitrogens with zero attached hydrogens (tertiary/aromatic N) is 5. The highest BCUT2D eigenvalue weighted by Gasteiger charge is 2.13. The van der Waals surface area contributed by atoms with Crippen molar-refractivity contribution in [2.75, 3.05) is 0 Å². The Balaban J connectivity index is 1.64. The van der Waals surface area contributed by atoms with Crippen molar-refractivity contribution in [3.8, 4) is 10.6 Å². The number of nitrogens with two attached hydrogens (primary N) is 1. The zero-order valence-corrected chi connectivity index (χ0v) is 17.3. The third-order valence-electron chi connectivity index (χ3n) is 3.87. The molecule has 3 rings (SSSR count). The Morgan fingerprint density at radius 3 is 2.76 bits per heavy atom. The fourth-order valence-electron chi connectivity index (χ4n) is 2.41. The lowest BCUT2D eigenvalue weighted by Gasteiger charge is -2.03. The van der Waals surface area contributed by atoms with Crippen molar-refractivity contribution in [3.63, 3.8) is 0 Å². The van der Waals surface area contributed by atoms with Crippen LogP contribution in [0, 0.1) is 13.8 Å². The highest BCUT2D eigenvalue weighted by molar-refractivity contribution is 7.14. The number of aryl methyl sites for hydroxylation is 2. The van der Waals surface area contributed by atoms with Crippen LogP contribution >= 0.6 is 22.9 Å². The van der Waals surface area contributed by atoms with Crippen LogP contribution in [0.15, 0.2) is 46.5 Å². The molecule has 0 saturated carbocycles. The molecular weight excluding hydrogens is 410 g/mol. The summed E-state index contributed by atoms with van der Waals surface area (Å²) in [5.74, 6) is 4.88. The highest BCUT2D eigenvalue weighted by Crippen LogP contribution is 2.29. The van der Waals surface area contributed by atoms with E-state index in [2.05, 4.69) is 30.6 Å². The molecule has 2 aromatic heterocycles. The number of aromatic nitrogens is 3. The van der Waals surface area contributed by atoms with Gasteiger partial charge in [-0.05, 0) is 32.0 Å². The zero-order valence-electron chi connectivity index (χ0n) is 15.8. The highest BCUT2D eigenvalue weighted by atomic mass is 35.5. The lowest BCUT2D eigenvalue weighted by atomic mass is 10.2. The van der Waals surface area contributed by atoms with E-state index in [1.165, 1.54) is 17.6 Å². The largest absolute Gasteiger partial charge is 0.344 e. The standard InChI is InChI=1S/C19H18ClN7OS/c1-11-7-8-15(12(2)24-11)22-9-16(25-21)18(28)23-10-17-26-27-19(29-17)13-5-3-4-6-14(13)20/h3-9H,10,21H2,1-2H3,(H,23,28)/b22-9?,25-16+. The van der Waals surface area contributed by atoms with Gasteiger partial charge in [0.15, 0.2) is 5.71 Å². The van der Waals surface area contributed by atoms with E-state index in [9.17, 15) is 4.79 Å². The summed E-state index contributed by atoms with van der Waals surface area (Å²) in [6.45, 7) is 3.91. The van der Waals surface area contributed by atoms with Gasteiger partial charge in [0.2, 0.25) is 0 Å². The van der Waals surface area contributed by atoms with E-state index in [0.29, 0.717) is 20.7 Å². The van der Waals surface area contributed by atoms with Gasteiger partial charge in [-0.1, -0.05) is 41.1 Å². The van der Waals surface area contributed by atoms with Crippen molar-refractivity contribution < 1.29 is 4.79 Å². The van der Waals surface area contributed by atoms with Crippen LogP contribution in [0.5, 0.6) is 0 Å². The lowest BCUT2D eigenvalue weighted by Crippen LogP contribution is -2.32. The summed E-state index contributed by atoms with van der Waals surface area (Å²) < 4.78 is 0. The van der Waals surface area contributed by atoms with Crippen LogP contribution in [0.1, 0.15) is 16.4 Å². The SMILES string of the molecule is Cc1ccc(N=C/C(=N\N)C(=O)NCc2nnc(-c3ccccc3Cl)s2)c(C)n1. The van der Waals surface area contributed by atoms with Crippen molar-refractivity contribution in [3.05, 3.63) is 57.8 Å². The Morgan fingerprint density at radius 1 is 1.24 bits per heavy atom. The fourth-order valence-corrected chi connectivity index (χ4v) is 3.51. The van der Waals surface area contributed by atoms with Crippen LogP contribution in [0.3, 0.4) is 0 Å². The molecule has 0 aliphatic carbocycles. The number of nitrogens with one attached hydrogen (secondary N) is 1. The van der Waals surface area contributed by atoms with Crippen molar-refractivity contribution in [2.24, 2.45) is 15.9 Å². The van der Waals surface area contributed by atoms with E-state index in [1.807, 2.05) is 44.2 Å². The molecule has 0 radical (unpaired) electrons. The van der Waals surface area contributed by atoms with Crippen molar-refractivity contribution in [1.29, 1.82) is 0 Å². The topological polar surface area (TPSA) is 119 Å². The number of amides is 1. The van der Waals surface area contributed by atoms with Crippen molar-refractivity contribution >= 4 is 46.5 Å². The molecule has 0 saturated heterocycles. The molecule has 29 heavy (non-hydrogen) atoms. The minimum atomic E-state index is -0.469. The molecule has 0 bridgehead atoms. The number of hydrogen-bond donors (Lipinski definition) is 2. The van der Waals surface area contributed by atoms with Gasteiger partial charge in [-0.2, -0.15) is 5.10 Å². The number of benzene rings is 1. The summed E-state index contributed by atoms with van der Waals surface area (Å²) >= 11 is 7.52. The van der Waals surface area contributed by atoms with Gasteiger partial charge in [-0.15, -0.1) is 10.2 Å². The van der Waals surface area contributed by atoms with Gasteiger partial charge in [0.05, 0.1) is 29.2 Å². The maximum absolute atomic E-state index is 12.3. The monoisotopic (exact) mass is 427 g/mol. The third-order valence-corrected chi connectivity index (χ3v) is 5.15. The molecule has 10 heteroatoms. The smallest absolute Gasteiger partial charge is 0.273 e. The predicted octanol–water partition coefficient (Wildman–Crippen LogP) is 3.20. The number of halogens is 1. The summed E-state index contributed by atoms with van der Waals surface area (Å²) in [4.78, 5) is 20.9. The van der Waals surface area contributed by atoms with E-state index in [1.54, 1.807) is 6.07 Å². The summed E-state index contributed by atoms with van der Waals surface area (Å²) in [7, 11) is 0. The minimum Gasteiger partial charge on any atom is -0.344 e. The molecule has 3 N–H and O–H groups in total. The molecule has 2 heterocycles. The number of hydrogen-bond acceptors (Lipinski definition) is 8. The molecule has 0 aliphatic heterocycles. The zero-order chi connectivity index (χ0) is 20.8. The molecule has 148 valence electrons. The minimum absolute atomic E-state index is 0.0131. The van der Waals surface area contributed by atoms with Crippen molar-refractivity contribution in [2.45, 2.75) is 20.4 Å². The van der Waals surface area contributed by atoms with E-state index in [0.717, 1.165) is 17.0 Å². The number of carbonyl (C=O) groups is 1. The Hall–Kier alpha value is -3.17. The first-order valence-electron chi connectivity index (χ1n) is 8.59. The van der Waals surface area contributed by atoms with Crippen LogP contribution in [0.25, 0.3) is 10.6 Å². The van der Waals surface area contributed by atoms with Gasteiger partial charge < -0.3 is 11.2 Å². The van der Waals surface area contributed by atoms with E-state index < -0.39 is 5.91 Å². The first-order chi connectivity index (χ1) is 14.0. The van der Waals surface area contributed by atoms with Gasteiger partial charge >= 0.3 is 0 Å². The van der Waals surface area contributed by atoms with Gasteiger partial charge in [0.1, 0.15) is 10.0 Å². The van der Waals surface area contributed by atoms with E-state index >= 15 is 0 Å². The second kappa shape index (κ2) is 9.35. The molecule has 1 aromatic carbocycles. The molecule has 0 aliphatic rings. The van der Waals surface area contributed by atoms with E-state index in [4.69, 9.17) is 17.4 Å². The molecule has 0 spiro atoms. The predicted molar refractivity (Wildman–Crippen MR) is 116 cm³/mol. The van der Waals surface area contributed by atoms with E-state index in [-0.39, 0.29) is 12.3 Å². The van der Waals surface area contributed by atoms with Gasteiger partial charge in [0, 0.05) is 11.3 Å². The number of carbonyl (C=O) groups excluding carboxylic acids is 1. The molecule has 0 unspecified atom stereocenters. The van der Waals surface area contributed by atoms with Crippen LogP contribution in [0.4, 0.5) is 5.69 Å². The Labute approximate surface area is 176 Å². The third kappa shape index (κ3) is 5.21. The molecule has 0 fully saturated rings. The lowest BCUT2D eigenvalue weighted by molar-refractivity contribution is -0.114. The average Bonchev–Trinajstić information content (AvgIpc) is 3.17. The molecule has 3 aromatic rings. The second-order valence-corrected chi connectivity index (χ2v) is 7.46. The number of hydrazone groups is 1. The van der Waals surface area contributed by atoms with Crippen molar-refractivity contribution in [1.82, 2.24) is 20.5 Å². The summed E-state index contributed by atoms with van der Waals surface area (Å²) in [6.07, 6.45) is 1.31. The second-order valence-electron chi connectivity index (χ2n) is 5.99. The number of aliphatic imine (C=N–C) groups is 1. The van der Waals surface area contributed by atoms with Crippen LogP contribution in [-0.2, 0) is 11.3 Å². The summed E-state index contributed by atoms with van der Waals surface area (Å²) in [5, 5.41) is 16.3. The Morgan fingerprint density at radius 2 is 2.03 bits per heavy atom. The normalized spacial score (nSPS) is 11.8. The van der Waals surface area contributed by atoms with Crippen LogP contribution in [0.2, 0.25) is 5.02 Å². The Bertz CT molecular complexity index is 1090. The van der Waals surface area contributed by atoms with Gasteiger partial charge in [-0.25, -0.2) is 0 Å². The van der Waals surface area contributed by atoms with Crippen LogP contribution in [-0.4, -0.2) is 33.0 Å². The van der Waals surface area contributed by atoms with Crippen LogP contribution < -0.4 is 11.2 Å². The molecule has 0 atom stereocenters. The maximum Gasteiger partial charge on any atom is 0.273 e. The first-order valence-corrected chi connectivity index (χ1v) is 9.79. The number of rotatable bonds is 6. The van der Waals surface area contributed by atoms with Gasteiger partial charge in [-0.3, -0.25) is 14.8 Å². The fraction of sp³-hybridized carbons (Fsp3) is 0.158. The average molecular weight is 428 g/mol. The number of pyridine rings is 1. The quantitative estimate of drug-likeness (QED) is 0.355. The summed E-state index contributed by atoms with van der Waals surface area (Å²) in [6, 6.07) is 11.0.